The second-order valence-electron chi connectivity index (χ2n) is 8.35. The van der Waals surface area contributed by atoms with Gasteiger partial charge >= 0.3 is 0 Å². The molecule has 3 aliphatic rings. The van der Waals surface area contributed by atoms with Gasteiger partial charge in [0.15, 0.2) is 0 Å². The normalized spacial score (nSPS) is 24.5. The Hall–Kier alpha value is -2.94. The quantitative estimate of drug-likeness (QED) is 0.576. The number of benzene rings is 1. The Morgan fingerprint density at radius 3 is 2.74 bits per heavy atom. The average Bonchev–Trinajstić information content (AvgIpc) is 3.23. The van der Waals surface area contributed by atoms with E-state index in [2.05, 4.69) is 25.8 Å². The SMILES string of the molecule is CC(=O)NCCNC(=O)C1CN2CCC1CC2Cn1cc(COc2ccccc2)nn1. The summed E-state index contributed by atoms with van der Waals surface area (Å²) in [4.78, 5) is 25.9. The molecule has 31 heavy (non-hydrogen) atoms. The van der Waals surface area contributed by atoms with E-state index in [4.69, 9.17) is 4.74 Å². The lowest BCUT2D eigenvalue weighted by molar-refractivity contribution is -0.133. The fourth-order valence-electron chi connectivity index (χ4n) is 4.56. The zero-order valence-corrected chi connectivity index (χ0v) is 17.9. The van der Waals surface area contributed by atoms with Crippen molar-refractivity contribution in [1.82, 2.24) is 30.5 Å². The molecule has 0 spiro atoms. The van der Waals surface area contributed by atoms with Crippen molar-refractivity contribution in [2.45, 2.75) is 39.0 Å². The highest BCUT2D eigenvalue weighted by atomic mass is 16.5. The Morgan fingerprint density at radius 1 is 1.19 bits per heavy atom. The van der Waals surface area contributed by atoms with Gasteiger partial charge in [-0.15, -0.1) is 5.10 Å². The van der Waals surface area contributed by atoms with E-state index in [0.717, 1.165) is 43.9 Å². The number of hydrogen-bond acceptors (Lipinski definition) is 6. The lowest BCUT2D eigenvalue weighted by Crippen LogP contribution is -2.58. The molecule has 1 aromatic heterocycles. The molecule has 2 N–H and O–H groups in total. The first-order chi connectivity index (χ1) is 15.1. The Kier molecular flexibility index (Phi) is 6.81. The van der Waals surface area contributed by atoms with Gasteiger partial charge in [0, 0.05) is 32.6 Å². The minimum atomic E-state index is -0.0807. The number of fused-ring (bicyclic) bond motifs is 3. The van der Waals surface area contributed by atoms with Gasteiger partial charge in [-0.3, -0.25) is 19.2 Å². The van der Waals surface area contributed by atoms with Gasteiger partial charge in [-0.25, -0.2) is 0 Å². The summed E-state index contributed by atoms with van der Waals surface area (Å²) in [5, 5.41) is 14.2. The van der Waals surface area contributed by atoms with Crippen molar-refractivity contribution >= 4 is 11.8 Å². The number of piperidine rings is 3. The predicted octanol–water partition coefficient (Wildman–Crippen LogP) is 0.820. The minimum Gasteiger partial charge on any atom is -0.487 e. The lowest BCUT2D eigenvalue weighted by atomic mass is 9.75. The Labute approximate surface area is 182 Å². The molecule has 3 fully saturated rings. The second-order valence-corrected chi connectivity index (χ2v) is 8.35. The van der Waals surface area contributed by atoms with Crippen LogP contribution in [0.4, 0.5) is 0 Å². The smallest absolute Gasteiger partial charge is 0.224 e. The van der Waals surface area contributed by atoms with Crippen LogP contribution in [0.2, 0.25) is 0 Å². The maximum atomic E-state index is 12.6. The van der Waals surface area contributed by atoms with Crippen LogP contribution in [0.1, 0.15) is 25.5 Å². The van der Waals surface area contributed by atoms with Crippen LogP contribution in [-0.4, -0.2) is 63.9 Å². The number of para-hydroxylation sites is 1. The number of carbonyl (C=O) groups excluding carboxylic acids is 2. The molecule has 1 aromatic carbocycles. The predicted molar refractivity (Wildman–Crippen MR) is 114 cm³/mol. The van der Waals surface area contributed by atoms with E-state index in [0.29, 0.717) is 31.7 Å². The van der Waals surface area contributed by atoms with E-state index in [1.54, 1.807) is 0 Å². The zero-order valence-electron chi connectivity index (χ0n) is 17.9. The summed E-state index contributed by atoms with van der Waals surface area (Å²) in [5.41, 5.74) is 0.802. The van der Waals surface area contributed by atoms with Crippen molar-refractivity contribution < 1.29 is 14.3 Å². The van der Waals surface area contributed by atoms with Crippen LogP contribution < -0.4 is 15.4 Å². The number of aromatic nitrogens is 3. The summed E-state index contributed by atoms with van der Waals surface area (Å²) in [6, 6.07) is 10.0. The molecular weight excluding hydrogens is 396 g/mol. The van der Waals surface area contributed by atoms with E-state index < -0.39 is 0 Å². The third-order valence-electron chi connectivity index (χ3n) is 6.13. The van der Waals surface area contributed by atoms with Gasteiger partial charge in [-0.05, 0) is 37.4 Å². The summed E-state index contributed by atoms with van der Waals surface area (Å²) in [6.07, 6.45) is 3.98. The number of carbonyl (C=O) groups is 2. The molecule has 4 unspecified atom stereocenters. The highest BCUT2D eigenvalue weighted by Gasteiger charge is 2.43. The molecule has 9 nitrogen and oxygen atoms in total. The van der Waals surface area contributed by atoms with Crippen LogP contribution >= 0.6 is 0 Å². The highest BCUT2D eigenvalue weighted by molar-refractivity contribution is 5.79. The number of nitrogens with one attached hydrogen (secondary N) is 2. The first-order valence-corrected chi connectivity index (χ1v) is 10.9. The topological polar surface area (TPSA) is 101 Å². The van der Waals surface area contributed by atoms with Crippen molar-refractivity contribution in [3.05, 3.63) is 42.2 Å². The second kappa shape index (κ2) is 9.91. The van der Waals surface area contributed by atoms with Gasteiger partial charge in [0.05, 0.1) is 18.7 Å². The van der Waals surface area contributed by atoms with Crippen LogP contribution in [-0.2, 0) is 22.7 Å². The molecule has 3 aliphatic heterocycles. The van der Waals surface area contributed by atoms with Gasteiger partial charge in [0.1, 0.15) is 18.1 Å². The monoisotopic (exact) mass is 426 g/mol. The first-order valence-electron chi connectivity index (χ1n) is 10.9. The third kappa shape index (κ3) is 5.61. The highest BCUT2D eigenvalue weighted by Crippen LogP contribution is 2.36. The fraction of sp³-hybridized carbons (Fsp3) is 0.545. The zero-order chi connectivity index (χ0) is 21.6. The summed E-state index contributed by atoms with van der Waals surface area (Å²) in [7, 11) is 0. The van der Waals surface area contributed by atoms with Crippen molar-refractivity contribution in [3.63, 3.8) is 0 Å². The lowest BCUT2D eigenvalue weighted by Gasteiger charge is -2.49. The van der Waals surface area contributed by atoms with Gasteiger partial charge in [-0.1, -0.05) is 23.4 Å². The first kappa shape index (κ1) is 21.3. The van der Waals surface area contributed by atoms with E-state index in [1.807, 2.05) is 41.2 Å². The standard InChI is InChI=1S/C22H30N6O3/c1-16(29)23-8-9-24-22(30)21-14-27-10-7-17(21)11-19(27)13-28-12-18(25-26-28)15-31-20-5-3-2-4-6-20/h2-6,12,17,19,21H,7-11,13-15H2,1H3,(H,23,29)(H,24,30). The molecule has 0 aliphatic carbocycles. The van der Waals surface area contributed by atoms with Crippen molar-refractivity contribution in [3.8, 4) is 5.75 Å². The van der Waals surface area contributed by atoms with Crippen molar-refractivity contribution in [2.75, 3.05) is 26.2 Å². The molecule has 2 bridgehead atoms. The minimum absolute atomic E-state index is 0.0212. The van der Waals surface area contributed by atoms with Gasteiger partial charge in [0.25, 0.3) is 0 Å². The summed E-state index contributed by atoms with van der Waals surface area (Å²) in [5.74, 6) is 1.24. The van der Waals surface area contributed by atoms with Gasteiger partial charge in [0.2, 0.25) is 11.8 Å². The Bertz CT molecular complexity index is 886. The molecule has 5 rings (SSSR count). The van der Waals surface area contributed by atoms with E-state index in [1.165, 1.54) is 6.92 Å². The van der Waals surface area contributed by atoms with Crippen LogP contribution in [0.25, 0.3) is 0 Å². The van der Waals surface area contributed by atoms with Crippen LogP contribution in [0.5, 0.6) is 5.75 Å². The maximum Gasteiger partial charge on any atom is 0.224 e. The van der Waals surface area contributed by atoms with E-state index in [9.17, 15) is 9.59 Å². The van der Waals surface area contributed by atoms with Crippen LogP contribution in [0.15, 0.2) is 36.5 Å². The molecule has 2 aromatic rings. The molecule has 0 saturated carbocycles. The molecular formula is C22H30N6O3. The van der Waals surface area contributed by atoms with Crippen LogP contribution in [0.3, 0.4) is 0 Å². The number of hydrogen-bond donors (Lipinski definition) is 2. The number of ether oxygens (including phenoxy) is 1. The van der Waals surface area contributed by atoms with Gasteiger partial charge < -0.3 is 15.4 Å². The molecule has 9 heteroatoms. The number of nitrogens with zero attached hydrogens (tertiary/aromatic N) is 4. The number of rotatable bonds is 9. The van der Waals surface area contributed by atoms with Gasteiger partial charge in [-0.2, -0.15) is 0 Å². The maximum absolute atomic E-state index is 12.6. The summed E-state index contributed by atoms with van der Waals surface area (Å²) in [6.45, 7) is 5.37. The van der Waals surface area contributed by atoms with Crippen LogP contribution in [0, 0.1) is 11.8 Å². The Morgan fingerprint density at radius 2 is 2.00 bits per heavy atom. The molecule has 4 heterocycles. The fourth-order valence-corrected chi connectivity index (χ4v) is 4.56. The van der Waals surface area contributed by atoms with E-state index in [-0.39, 0.29) is 17.7 Å². The molecule has 4 atom stereocenters. The third-order valence-corrected chi connectivity index (χ3v) is 6.13. The average molecular weight is 427 g/mol. The van der Waals surface area contributed by atoms with Crippen molar-refractivity contribution in [1.29, 1.82) is 0 Å². The Balaban J connectivity index is 1.25. The summed E-state index contributed by atoms with van der Waals surface area (Å²) < 4.78 is 7.63. The molecule has 166 valence electrons. The summed E-state index contributed by atoms with van der Waals surface area (Å²) >= 11 is 0. The molecule has 3 saturated heterocycles. The number of amides is 2. The molecule has 0 radical (unpaired) electrons. The van der Waals surface area contributed by atoms with E-state index >= 15 is 0 Å². The van der Waals surface area contributed by atoms with Crippen molar-refractivity contribution in [2.24, 2.45) is 11.8 Å². The molecule has 2 amide bonds. The largest absolute Gasteiger partial charge is 0.487 e.